The van der Waals surface area contributed by atoms with Gasteiger partial charge in [-0.25, -0.2) is 12.8 Å². The van der Waals surface area contributed by atoms with Crippen molar-refractivity contribution in [3.05, 3.63) is 92.7 Å². The molecular weight excluding hydrogens is 498 g/mol. The largest absolute Gasteiger partial charge is 0.322 e. The van der Waals surface area contributed by atoms with E-state index in [1.807, 2.05) is 6.92 Å². The van der Waals surface area contributed by atoms with Gasteiger partial charge in [0.25, 0.3) is 0 Å². The van der Waals surface area contributed by atoms with Gasteiger partial charge in [0, 0.05) is 17.1 Å². The molecule has 3 aromatic rings. The fraction of sp³-hybridized carbons (Fsp3) is 0.136. The summed E-state index contributed by atoms with van der Waals surface area (Å²) in [6.07, 6.45) is 0. The van der Waals surface area contributed by atoms with Crippen molar-refractivity contribution in [3.8, 4) is 0 Å². The number of sulfonamides is 1. The number of halogens is 4. The van der Waals surface area contributed by atoms with Crippen LogP contribution in [-0.2, 0) is 21.4 Å². The van der Waals surface area contributed by atoms with E-state index in [1.54, 1.807) is 18.2 Å². The first-order chi connectivity index (χ1) is 15.1. The highest BCUT2D eigenvalue weighted by molar-refractivity contribution is 7.89. The van der Waals surface area contributed by atoms with E-state index in [4.69, 9.17) is 34.8 Å². The molecule has 3 aromatic carbocycles. The maximum absolute atomic E-state index is 14.4. The molecule has 1 N–H and O–H groups in total. The van der Waals surface area contributed by atoms with Gasteiger partial charge in [-0.3, -0.25) is 4.79 Å². The second kappa shape index (κ2) is 10.2. The lowest BCUT2D eigenvalue weighted by Gasteiger charge is -2.23. The number of hydrogen-bond acceptors (Lipinski definition) is 3. The number of amides is 1. The first-order valence-electron chi connectivity index (χ1n) is 9.33. The zero-order valence-corrected chi connectivity index (χ0v) is 19.9. The van der Waals surface area contributed by atoms with E-state index in [-0.39, 0.29) is 31.2 Å². The highest BCUT2D eigenvalue weighted by Gasteiger charge is 2.29. The van der Waals surface area contributed by atoms with Crippen LogP contribution in [0.25, 0.3) is 0 Å². The predicted molar refractivity (Wildman–Crippen MR) is 125 cm³/mol. The molecule has 0 saturated heterocycles. The fourth-order valence-corrected chi connectivity index (χ4v) is 4.98. The molecule has 0 radical (unpaired) electrons. The van der Waals surface area contributed by atoms with Crippen LogP contribution in [0.2, 0.25) is 15.1 Å². The summed E-state index contributed by atoms with van der Waals surface area (Å²) in [7, 11) is -4.18. The van der Waals surface area contributed by atoms with E-state index >= 15 is 0 Å². The third kappa shape index (κ3) is 5.60. The molecule has 168 valence electrons. The van der Waals surface area contributed by atoms with Crippen molar-refractivity contribution in [2.45, 2.75) is 18.4 Å². The van der Waals surface area contributed by atoms with Crippen LogP contribution in [-0.4, -0.2) is 25.2 Å². The molecule has 0 atom stereocenters. The Bertz CT molecular complexity index is 1210. The molecule has 0 aromatic heterocycles. The van der Waals surface area contributed by atoms with Crippen molar-refractivity contribution in [2.24, 2.45) is 0 Å². The number of para-hydroxylation sites is 1. The number of benzene rings is 3. The Labute approximate surface area is 200 Å². The number of hydrogen-bond donors (Lipinski definition) is 1. The Kier molecular flexibility index (Phi) is 7.79. The Balaban J connectivity index is 1.96. The lowest BCUT2D eigenvalue weighted by molar-refractivity contribution is -0.116. The lowest BCUT2D eigenvalue weighted by atomic mass is 10.2. The zero-order chi connectivity index (χ0) is 23.5. The molecule has 0 fully saturated rings. The molecule has 32 heavy (non-hydrogen) atoms. The van der Waals surface area contributed by atoms with Gasteiger partial charge in [0.05, 0.1) is 27.2 Å². The van der Waals surface area contributed by atoms with Gasteiger partial charge in [-0.2, -0.15) is 4.31 Å². The second-order valence-corrected chi connectivity index (χ2v) is 10.1. The van der Waals surface area contributed by atoms with Crippen LogP contribution in [0.15, 0.2) is 65.6 Å². The predicted octanol–water partition coefficient (Wildman–Crippen LogP) is 5.92. The van der Waals surface area contributed by atoms with E-state index in [0.717, 1.165) is 9.87 Å². The molecule has 3 rings (SSSR count). The van der Waals surface area contributed by atoms with E-state index < -0.39 is 34.8 Å². The summed E-state index contributed by atoms with van der Waals surface area (Å²) in [6.45, 7) is 0.738. The van der Waals surface area contributed by atoms with Gasteiger partial charge in [0.2, 0.25) is 15.9 Å². The number of anilines is 1. The van der Waals surface area contributed by atoms with Gasteiger partial charge in [-0.1, -0.05) is 64.6 Å². The summed E-state index contributed by atoms with van der Waals surface area (Å²) in [5, 5.41) is 2.95. The van der Waals surface area contributed by atoms with Crippen LogP contribution in [0, 0.1) is 12.7 Å². The highest BCUT2D eigenvalue weighted by atomic mass is 35.5. The summed E-state index contributed by atoms with van der Waals surface area (Å²) >= 11 is 18.3. The average molecular weight is 516 g/mol. The number of nitrogens with one attached hydrogen (secondary N) is 1. The molecule has 0 aliphatic rings. The maximum atomic E-state index is 14.4. The van der Waals surface area contributed by atoms with Gasteiger partial charge in [0.1, 0.15) is 5.82 Å². The molecule has 0 aliphatic heterocycles. The summed E-state index contributed by atoms with van der Waals surface area (Å²) in [5.41, 5.74) is 0.963. The highest BCUT2D eigenvalue weighted by Crippen LogP contribution is 2.30. The molecule has 0 aliphatic carbocycles. The van der Waals surface area contributed by atoms with Crippen molar-refractivity contribution in [1.82, 2.24) is 4.31 Å². The van der Waals surface area contributed by atoms with Gasteiger partial charge in [-0.15, -0.1) is 0 Å². The molecule has 10 heteroatoms. The first-order valence-corrected chi connectivity index (χ1v) is 11.9. The first kappa shape index (κ1) is 24.5. The Morgan fingerprint density at radius 1 is 0.938 bits per heavy atom. The van der Waals surface area contributed by atoms with E-state index in [0.29, 0.717) is 0 Å². The van der Waals surface area contributed by atoms with E-state index in [1.165, 1.54) is 42.5 Å². The van der Waals surface area contributed by atoms with Crippen molar-refractivity contribution in [2.75, 3.05) is 11.9 Å². The second-order valence-electron chi connectivity index (χ2n) is 6.93. The van der Waals surface area contributed by atoms with Gasteiger partial charge >= 0.3 is 0 Å². The van der Waals surface area contributed by atoms with E-state index in [9.17, 15) is 17.6 Å². The third-order valence-electron chi connectivity index (χ3n) is 4.60. The number of carbonyl (C=O) groups is 1. The van der Waals surface area contributed by atoms with Crippen LogP contribution < -0.4 is 5.32 Å². The van der Waals surface area contributed by atoms with Gasteiger partial charge in [0.15, 0.2) is 0 Å². The Hall–Kier alpha value is -2.16. The smallest absolute Gasteiger partial charge is 0.243 e. The molecule has 5 nitrogen and oxygen atoms in total. The number of carbonyl (C=O) groups excluding carboxylic acids is 1. The summed E-state index contributed by atoms with van der Waals surface area (Å²) in [5.74, 6) is -1.39. The van der Waals surface area contributed by atoms with Crippen molar-refractivity contribution in [1.29, 1.82) is 0 Å². The molecular formula is C22H18Cl3FN2O3S. The SMILES string of the molecule is Cc1ccc(S(=O)(=O)N(CC(=O)Nc2c(Cl)cccc2Cl)Cc2c(F)cccc2Cl)cc1. The Morgan fingerprint density at radius 2 is 1.50 bits per heavy atom. The third-order valence-corrected chi connectivity index (χ3v) is 7.39. The molecule has 1 amide bonds. The zero-order valence-electron chi connectivity index (χ0n) is 16.8. The van der Waals surface area contributed by atoms with Crippen LogP contribution in [0.1, 0.15) is 11.1 Å². The molecule has 0 heterocycles. The van der Waals surface area contributed by atoms with E-state index in [2.05, 4.69) is 5.32 Å². The lowest BCUT2D eigenvalue weighted by Crippen LogP contribution is -2.38. The fourth-order valence-electron chi connectivity index (χ4n) is 2.90. The topological polar surface area (TPSA) is 66.5 Å². The van der Waals surface area contributed by atoms with Crippen LogP contribution in [0.3, 0.4) is 0 Å². The normalized spacial score (nSPS) is 11.6. The van der Waals surface area contributed by atoms with Gasteiger partial charge in [-0.05, 0) is 43.3 Å². The molecule has 0 bridgehead atoms. The minimum Gasteiger partial charge on any atom is -0.322 e. The molecule has 0 unspecified atom stereocenters. The summed E-state index contributed by atoms with van der Waals surface area (Å²) in [6, 6.07) is 14.8. The van der Waals surface area contributed by atoms with Crippen molar-refractivity contribution in [3.63, 3.8) is 0 Å². The summed E-state index contributed by atoms with van der Waals surface area (Å²) < 4.78 is 41.9. The average Bonchev–Trinajstić information content (AvgIpc) is 2.73. The van der Waals surface area contributed by atoms with Crippen LogP contribution >= 0.6 is 34.8 Å². The molecule has 0 spiro atoms. The quantitative estimate of drug-likeness (QED) is 0.424. The number of rotatable bonds is 7. The Morgan fingerprint density at radius 3 is 2.09 bits per heavy atom. The van der Waals surface area contributed by atoms with Crippen molar-refractivity contribution < 1.29 is 17.6 Å². The van der Waals surface area contributed by atoms with Crippen molar-refractivity contribution >= 4 is 56.4 Å². The minimum atomic E-state index is -4.18. The minimum absolute atomic E-state index is 0.0425. The van der Waals surface area contributed by atoms with Crippen LogP contribution in [0.4, 0.5) is 10.1 Å². The summed E-state index contributed by atoms with van der Waals surface area (Å²) in [4.78, 5) is 12.7. The molecule has 0 saturated carbocycles. The maximum Gasteiger partial charge on any atom is 0.243 e. The standard InChI is InChI=1S/C22H18Cl3FN2O3S/c1-14-8-10-15(11-9-14)32(30,31)28(12-16-17(23)4-3-7-20(16)26)13-21(29)27-22-18(24)5-2-6-19(22)25/h2-11H,12-13H2,1H3,(H,27,29). The monoisotopic (exact) mass is 514 g/mol. The number of aryl methyl sites for hydroxylation is 1. The number of nitrogens with zero attached hydrogens (tertiary/aromatic N) is 1. The van der Waals surface area contributed by atoms with Crippen LogP contribution in [0.5, 0.6) is 0 Å². The van der Waals surface area contributed by atoms with Gasteiger partial charge < -0.3 is 5.32 Å².